The third kappa shape index (κ3) is 6.94. The topological polar surface area (TPSA) is 50.7 Å². The van der Waals surface area contributed by atoms with Gasteiger partial charge in [-0.15, -0.1) is 0 Å². The van der Waals surface area contributed by atoms with Crippen molar-refractivity contribution in [1.29, 1.82) is 0 Å². The SMILES string of the molecule is CON=CCNC(C)=O. The van der Waals surface area contributed by atoms with Gasteiger partial charge >= 0.3 is 0 Å². The van der Waals surface area contributed by atoms with Gasteiger partial charge < -0.3 is 10.2 Å². The van der Waals surface area contributed by atoms with Crippen LogP contribution in [0.25, 0.3) is 0 Å². The van der Waals surface area contributed by atoms with E-state index in [1.165, 1.54) is 20.2 Å². The molecule has 0 unspecified atom stereocenters. The van der Waals surface area contributed by atoms with Crippen molar-refractivity contribution in [2.45, 2.75) is 6.92 Å². The van der Waals surface area contributed by atoms with Gasteiger partial charge in [0.15, 0.2) is 0 Å². The first-order valence-corrected chi connectivity index (χ1v) is 2.56. The van der Waals surface area contributed by atoms with Crippen LogP contribution in [0.5, 0.6) is 0 Å². The number of carbonyl (C=O) groups excluding carboxylic acids is 1. The monoisotopic (exact) mass is 130 g/mol. The van der Waals surface area contributed by atoms with E-state index in [0.717, 1.165) is 0 Å². The van der Waals surface area contributed by atoms with E-state index in [0.29, 0.717) is 6.54 Å². The van der Waals surface area contributed by atoms with Crippen LogP contribution in [0.4, 0.5) is 0 Å². The van der Waals surface area contributed by atoms with Crippen LogP contribution in [0.1, 0.15) is 6.92 Å². The number of carbonyl (C=O) groups is 1. The number of hydrogen-bond acceptors (Lipinski definition) is 3. The van der Waals surface area contributed by atoms with Crippen molar-refractivity contribution < 1.29 is 9.63 Å². The average molecular weight is 130 g/mol. The Morgan fingerprint density at radius 1 is 1.89 bits per heavy atom. The molecule has 0 spiro atoms. The van der Waals surface area contributed by atoms with Crippen molar-refractivity contribution in [2.24, 2.45) is 5.16 Å². The summed E-state index contributed by atoms with van der Waals surface area (Å²) in [6, 6.07) is 0. The van der Waals surface area contributed by atoms with Crippen LogP contribution in [0.3, 0.4) is 0 Å². The molecule has 0 atom stereocenters. The minimum Gasteiger partial charge on any atom is -0.399 e. The second-order valence-electron chi connectivity index (χ2n) is 1.41. The molecule has 0 rings (SSSR count). The molecule has 0 fully saturated rings. The van der Waals surface area contributed by atoms with Gasteiger partial charge in [0.25, 0.3) is 0 Å². The maximum Gasteiger partial charge on any atom is 0.217 e. The molecule has 0 heterocycles. The Morgan fingerprint density at radius 3 is 3.00 bits per heavy atom. The molecule has 0 aromatic rings. The van der Waals surface area contributed by atoms with E-state index in [9.17, 15) is 4.79 Å². The summed E-state index contributed by atoms with van der Waals surface area (Å²) >= 11 is 0. The summed E-state index contributed by atoms with van der Waals surface area (Å²) in [5.41, 5.74) is 0. The molecule has 4 heteroatoms. The standard InChI is InChI=1S/C5H10N2O2/c1-5(8)6-3-4-7-9-2/h4H,3H2,1-2H3,(H,6,8). The van der Waals surface area contributed by atoms with Crippen molar-refractivity contribution in [3.63, 3.8) is 0 Å². The van der Waals surface area contributed by atoms with E-state index in [1.54, 1.807) is 0 Å². The van der Waals surface area contributed by atoms with Gasteiger partial charge in [0.05, 0.1) is 12.8 Å². The lowest BCUT2D eigenvalue weighted by molar-refractivity contribution is -0.118. The Hall–Kier alpha value is -1.06. The van der Waals surface area contributed by atoms with Gasteiger partial charge in [-0.25, -0.2) is 0 Å². The zero-order chi connectivity index (χ0) is 7.11. The van der Waals surface area contributed by atoms with E-state index < -0.39 is 0 Å². The summed E-state index contributed by atoms with van der Waals surface area (Å²) in [6.07, 6.45) is 1.47. The summed E-state index contributed by atoms with van der Waals surface area (Å²) in [4.78, 5) is 14.5. The Kier molecular flexibility index (Phi) is 4.49. The lowest BCUT2D eigenvalue weighted by atomic mass is 10.6. The van der Waals surface area contributed by atoms with Crippen LogP contribution in [-0.4, -0.2) is 25.8 Å². The molecular weight excluding hydrogens is 120 g/mol. The van der Waals surface area contributed by atoms with Gasteiger partial charge in [0.2, 0.25) is 5.91 Å². The Morgan fingerprint density at radius 2 is 2.56 bits per heavy atom. The molecule has 52 valence electrons. The third-order valence-electron chi connectivity index (χ3n) is 0.622. The largest absolute Gasteiger partial charge is 0.399 e. The first-order chi connectivity index (χ1) is 4.27. The highest BCUT2D eigenvalue weighted by Gasteiger charge is 1.83. The molecule has 0 bridgehead atoms. The molecule has 0 aliphatic heterocycles. The van der Waals surface area contributed by atoms with E-state index in [2.05, 4.69) is 15.3 Å². The van der Waals surface area contributed by atoms with Crippen molar-refractivity contribution in [1.82, 2.24) is 5.32 Å². The highest BCUT2D eigenvalue weighted by atomic mass is 16.6. The molecular formula is C5H10N2O2. The fraction of sp³-hybridized carbons (Fsp3) is 0.600. The maximum absolute atomic E-state index is 10.2. The van der Waals surface area contributed by atoms with Gasteiger partial charge in [0.1, 0.15) is 7.11 Å². The number of amides is 1. The summed E-state index contributed by atoms with van der Waals surface area (Å²) < 4.78 is 0. The number of nitrogens with zero attached hydrogens (tertiary/aromatic N) is 1. The van der Waals surface area contributed by atoms with E-state index >= 15 is 0 Å². The molecule has 0 aliphatic carbocycles. The second kappa shape index (κ2) is 5.08. The summed E-state index contributed by atoms with van der Waals surface area (Å²) in [5, 5.41) is 5.92. The molecule has 9 heavy (non-hydrogen) atoms. The Labute approximate surface area is 53.9 Å². The zero-order valence-electron chi connectivity index (χ0n) is 5.55. The van der Waals surface area contributed by atoms with Crippen LogP contribution < -0.4 is 5.32 Å². The van der Waals surface area contributed by atoms with Crippen molar-refractivity contribution in [3.05, 3.63) is 0 Å². The molecule has 4 nitrogen and oxygen atoms in total. The Bertz CT molecular complexity index is 112. The van der Waals surface area contributed by atoms with E-state index in [1.807, 2.05) is 0 Å². The van der Waals surface area contributed by atoms with Gasteiger partial charge in [0, 0.05) is 6.92 Å². The van der Waals surface area contributed by atoms with Crippen LogP contribution in [-0.2, 0) is 9.63 Å². The summed E-state index contributed by atoms with van der Waals surface area (Å²) in [5.74, 6) is -0.0717. The number of hydrogen-bond donors (Lipinski definition) is 1. The van der Waals surface area contributed by atoms with Crippen LogP contribution >= 0.6 is 0 Å². The van der Waals surface area contributed by atoms with Crippen molar-refractivity contribution >= 4 is 12.1 Å². The zero-order valence-corrected chi connectivity index (χ0v) is 5.55. The minimum atomic E-state index is -0.0717. The van der Waals surface area contributed by atoms with Gasteiger partial charge in [-0.05, 0) is 0 Å². The Balaban J connectivity index is 3.09. The first kappa shape index (κ1) is 7.94. The predicted molar refractivity (Wildman–Crippen MR) is 34.2 cm³/mol. The van der Waals surface area contributed by atoms with Gasteiger partial charge in [-0.2, -0.15) is 0 Å². The fourth-order valence-corrected chi connectivity index (χ4v) is 0.301. The molecule has 0 saturated heterocycles. The smallest absolute Gasteiger partial charge is 0.217 e. The van der Waals surface area contributed by atoms with Crippen LogP contribution in [0, 0.1) is 0 Å². The molecule has 0 radical (unpaired) electrons. The number of oxime groups is 1. The van der Waals surface area contributed by atoms with Crippen molar-refractivity contribution in [3.8, 4) is 0 Å². The number of rotatable bonds is 3. The lowest BCUT2D eigenvalue weighted by Crippen LogP contribution is -2.21. The molecule has 0 saturated carbocycles. The van der Waals surface area contributed by atoms with E-state index in [4.69, 9.17) is 0 Å². The normalized spacial score (nSPS) is 9.56. The maximum atomic E-state index is 10.2. The third-order valence-corrected chi connectivity index (χ3v) is 0.622. The molecule has 0 aromatic carbocycles. The summed E-state index contributed by atoms with van der Waals surface area (Å²) in [7, 11) is 1.45. The highest BCUT2D eigenvalue weighted by molar-refractivity contribution is 5.76. The quantitative estimate of drug-likeness (QED) is 0.423. The average Bonchev–Trinajstić information content (AvgIpc) is 1.80. The minimum absolute atomic E-state index is 0.0717. The van der Waals surface area contributed by atoms with Crippen LogP contribution in [0.15, 0.2) is 5.16 Å². The molecule has 0 aromatic heterocycles. The lowest BCUT2D eigenvalue weighted by Gasteiger charge is -1.91. The fourth-order valence-electron chi connectivity index (χ4n) is 0.301. The van der Waals surface area contributed by atoms with Crippen LogP contribution in [0.2, 0.25) is 0 Å². The van der Waals surface area contributed by atoms with Crippen molar-refractivity contribution in [2.75, 3.05) is 13.7 Å². The second-order valence-corrected chi connectivity index (χ2v) is 1.41. The first-order valence-electron chi connectivity index (χ1n) is 2.56. The van der Waals surface area contributed by atoms with Gasteiger partial charge in [-0.1, -0.05) is 5.16 Å². The molecule has 1 amide bonds. The summed E-state index contributed by atoms with van der Waals surface area (Å²) in [6.45, 7) is 1.86. The molecule has 1 N–H and O–H groups in total. The highest BCUT2D eigenvalue weighted by Crippen LogP contribution is 1.62. The van der Waals surface area contributed by atoms with E-state index in [-0.39, 0.29) is 5.91 Å². The number of nitrogens with one attached hydrogen (secondary N) is 1. The van der Waals surface area contributed by atoms with Gasteiger partial charge in [-0.3, -0.25) is 4.79 Å². The predicted octanol–water partition coefficient (Wildman–Crippen LogP) is -0.245. The molecule has 0 aliphatic rings.